The Morgan fingerprint density at radius 1 is 1.12 bits per heavy atom. The van der Waals surface area contributed by atoms with E-state index in [-0.39, 0.29) is 10.5 Å². The molecule has 26 heavy (non-hydrogen) atoms. The van der Waals surface area contributed by atoms with Crippen molar-refractivity contribution < 1.29 is 27.5 Å². The van der Waals surface area contributed by atoms with Gasteiger partial charge < -0.3 is 14.8 Å². The molecule has 9 heteroatoms. The van der Waals surface area contributed by atoms with Crippen molar-refractivity contribution in [1.29, 1.82) is 0 Å². The van der Waals surface area contributed by atoms with Crippen LogP contribution in [0.5, 0.6) is 0 Å². The van der Waals surface area contributed by atoms with E-state index in [1.807, 2.05) is 0 Å². The lowest BCUT2D eigenvalue weighted by Crippen LogP contribution is -2.42. The van der Waals surface area contributed by atoms with Gasteiger partial charge in [-0.1, -0.05) is 6.07 Å². The van der Waals surface area contributed by atoms with Crippen LogP contribution in [-0.2, 0) is 29.1 Å². The molecule has 0 amide bonds. The van der Waals surface area contributed by atoms with E-state index < -0.39 is 27.7 Å². The molecule has 140 valence electrons. The van der Waals surface area contributed by atoms with Gasteiger partial charge in [-0.05, 0) is 31.0 Å². The second kappa shape index (κ2) is 6.73. The third-order valence-corrected chi connectivity index (χ3v) is 5.93. The van der Waals surface area contributed by atoms with Crippen molar-refractivity contribution in [3.8, 4) is 0 Å². The number of hydrogen-bond donors (Lipinski definition) is 1. The maximum absolute atomic E-state index is 12.6. The van der Waals surface area contributed by atoms with Crippen LogP contribution in [0.1, 0.15) is 26.7 Å². The fraction of sp³-hybridized carbons (Fsp3) is 0.412. The van der Waals surface area contributed by atoms with E-state index >= 15 is 0 Å². The van der Waals surface area contributed by atoms with Crippen LogP contribution >= 0.6 is 0 Å². The maximum atomic E-state index is 12.6. The third-order valence-electron chi connectivity index (χ3n) is 4.04. The van der Waals surface area contributed by atoms with Gasteiger partial charge in [-0.15, -0.1) is 0 Å². The summed E-state index contributed by atoms with van der Waals surface area (Å²) in [6.45, 7) is 3.94. The number of cyclic esters (lactones) is 2. The molecule has 0 radical (unpaired) electrons. The van der Waals surface area contributed by atoms with E-state index in [4.69, 9.17) is 9.47 Å². The van der Waals surface area contributed by atoms with E-state index in [2.05, 4.69) is 5.32 Å². The Kier molecular flexibility index (Phi) is 4.76. The standard InChI is InChI=1S/C17H20N2O6S/c1-17(2)24-15(20)14(16(21)25-17)11-18-12-6-5-7-13(10-12)26(22,23)19-8-3-4-9-19/h5-7,10-11,18H,3-4,8-9H2,1-2H3. The highest BCUT2D eigenvalue weighted by atomic mass is 32.2. The average molecular weight is 380 g/mol. The van der Waals surface area contributed by atoms with Gasteiger partial charge in [-0.3, -0.25) is 0 Å². The first-order chi connectivity index (χ1) is 12.2. The van der Waals surface area contributed by atoms with Crippen LogP contribution in [-0.4, -0.2) is 43.5 Å². The molecule has 3 rings (SSSR count). The number of carbonyl (C=O) groups excluding carboxylic acids is 2. The van der Waals surface area contributed by atoms with Crippen molar-refractivity contribution in [2.45, 2.75) is 37.4 Å². The number of nitrogens with one attached hydrogen (secondary N) is 1. The number of esters is 2. The topological polar surface area (TPSA) is 102 Å². The number of hydrogen-bond acceptors (Lipinski definition) is 7. The predicted octanol–water partition coefficient (Wildman–Crippen LogP) is 1.60. The third kappa shape index (κ3) is 3.73. The van der Waals surface area contributed by atoms with Gasteiger partial charge >= 0.3 is 11.9 Å². The normalized spacial score (nSPS) is 20.5. The van der Waals surface area contributed by atoms with Crippen LogP contribution in [0.25, 0.3) is 0 Å². The van der Waals surface area contributed by atoms with Crippen molar-refractivity contribution >= 4 is 27.6 Å². The molecule has 1 aromatic rings. The lowest BCUT2D eigenvalue weighted by molar-refractivity contribution is -0.222. The Balaban J connectivity index is 1.79. The Morgan fingerprint density at radius 3 is 2.35 bits per heavy atom. The van der Waals surface area contributed by atoms with Crippen LogP contribution < -0.4 is 5.32 Å². The van der Waals surface area contributed by atoms with Gasteiger partial charge in [0.25, 0.3) is 5.79 Å². The fourth-order valence-electron chi connectivity index (χ4n) is 2.76. The molecule has 2 heterocycles. The summed E-state index contributed by atoms with van der Waals surface area (Å²) in [6.07, 6.45) is 2.86. The summed E-state index contributed by atoms with van der Waals surface area (Å²) in [4.78, 5) is 24.0. The zero-order chi connectivity index (χ0) is 18.9. The van der Waals surface area contributed by atoms with E-state index in [0.29, 0.717) is 18.8 Å². The van der Waals surface area contributed by atoms with Crippen molar-refractivity contribution in [2.75, 3.05) is 18.4 Å². The molecule has 0 spiro atoms. The van der Waals surface area contributed by atoms with Gasteiger partial charge in [-0.2, -0.15) is 4.31 Å². The molecule has 0 aliphatic carbocycles. The molecule has 2 aliphatic heterocycles. The Labute approximate surface area is 151 Å². The summed E-state index contributed by atoms with van der Waals surface area (Å²) >= 11 is 0. The zero-order valence-corrected chi connectivity index (χ0v) is 15.3. The molecule has 0 aromatic heterocycles. The number of benzene rings is 1. The molecule has 8 nitrogen and oxygen atoms in total. The average Bonchev–Trinajstić information content (AvgIpc) is 3.08. The first kappa shape index (κ1) is 18.4. The molecular formula is C17H20N2O6S. The van der Waals surface area contributed by atoms with E-state index in [1.54, 1.807) is 12.1 Å². The Morgan fingerprint density at radius 2 is 1.73 bits per heavy atom. The summed E-state index contributed by atoms with van der Waals surface area (Å²) in [5.74, 6) is -2.92. The van der Waals surface area contributed by atoms with Gasteiger partial charge in [0.2, 0.25) is 10.0 Å². The summed E-state index contributed by atoms with van der Waals surface area (Å²) in [6, 6.07) is 6.18. The van der Waals surface area contributed by atoms with Crippen molar-refractivity contribution in [3.63, 3.8) is 0 Å². The minimum atomic E-state index is -3.55. The molecule has 2 saturated heterocycles. The molecular weight excluding hydrogens is 360 g/mol. The van der Waals surface area contributed by atoms with Crippen LogP contribution in [0.2, 0.25) is 0 Å². The van der Waals surface area contributed by atoms with Gasteiger partial charge in [0, 0.05) is 38.8 Å². The van der Waals surface area contributed by atoms with Gasteiger partial charge in [-0.25, -0.2) is 18.0 Å². The van der Waals surface area contributed by atoms with E-state index in [0.717, 1.165) is 19.0 Å². The van der Waals surface area contributed by atoms with Crippen LogP contribution in [0, 0.1) is 0 Å². The first-order valence-electron chi connectivity index (χ1n) is 8.23. The van der Waals surface area contributed by atoms with Crippen LogP contribution in [0.15, 0.2) is 40.9 Å². The SMILES string of the molecule is CC1(C)OC(=O)C(=CNc2cccc(S(=O)(=O)N3CCCC3)c2)C(=O)O1. The fourth-order valence-corrected chi connectivity index (χ4v) is 4.32. The number of carbonyl (C=O) groups is 2. The number of sulfonamides is 1. The summed E-state index contributed by atoms with van der Waals surface area (Å²) in [5, 5.41) is 2.76. The predicted molar refractivity (Wildman–Crippen MR) is 92.4 cm³/mol. The molecule has 2 fully saturated rings. The maximum Gasteiger partial charge on any atom is 0.350 e. The minimum absolute atomic E-state index is 0.151. The van der Waals surface area contributed by atoms with Crippen molar-refractivity contribution in [1.82, 2.24) is 4.31 Å². The van der Waals surface area contributed by atoms with Gasteiger partial charge in [0.15, 0.2) is 5.57 Å². The highest BCUT2D eigenvalue weighted by Crippen LogP contribution is 2.25. The van der Waals surface area contributed by atoms with Crippen LogP contribution in [0.3, 0.4) is 0 Å². The first-order valence-corrected chi connectivity index (χ1v) is 9.67. The Hall–Kier alpha value is -2.39. The molecule has 0 unspecified atom stereocenters. The zero-order valence-electron chi connectivity index (χ0n) is 14.5. The smallest absolute Gasteiger partial charge is 0.350 e. The number of nitrogens with zero attached hydrogens (tertiary/aromatic N) is 1. The lowest BCUT2D eigenvalue weighted by atomic mass is 10.2. The van der Waals surface area contributed by atoms with Crippen molar-refractivity contribution in [3.05, 3.63) is 36.0 Å². The summed E-state index contributed by atoms with van der Waals surface area (Å²) in [7, 11) is -3.55. The summed E-state index contributed by atoms with van der Waals surface area (Å²) < 4.78 is 36.6. The second-order valence-electron chi connectivity index (χ2n) is 6.52. The molecule has 0 atom stereocenters. The number of rotatable bonds is 4. The Bertz CT molecular complexity index is 847. The molecule has 1 N–H and O–H groups in total. The highest BCUT2D eigenvalue weighted by Gasteiger charge is 2.39. The lowest BCUT2D eigenvalue weighted by Gasteiger charge is -2.29. The molecule has 0 saturated carbocycles. The van der Waals surface area contributed by atoms with E-state index in [1.165, 1.54) is 30.3 Å². The largest absolute Gasteiger partial charge is 0.419 e. The number of anilines is 1. The molecule has 2 aliphatic rings. The van der Waals surface area contributed by atoms with Crippen LogP contribution in [0.4, 0.5) is 5.69 Å². The monoisotopic (exact) mass is 380 g/mol. The van der Waals surface area contributed by atoms with E-state index in [9.17, 15) is 18.0 Å². The second-order valence-corrected chi connectivity index (χ2v) is 8.46. The van der Waals surface area contributed by atoms with Gasteiger partial charge in [0.1, 0.15) is 0 Å². The molecule has 1 aromatic carbocycles. The number of ether oxygens (including phenoxy) is 2. The quantitative estimate of drug-likeness (QED) is 0.481. The highest BCUT2D eigenvalue weighted by molar-refractivity contribution is 7.89. The molecule has 0 bridgehead atoms. The van der Waals surface area contributed by atoms with Gasteiger partial charge in [0.05, 0.1) is 4.90 Å². The minimum Gasteiger partial charge on any atom is -0.419 e. The van der Waals surface area contributed by atoms with Crippen molar-refractivity contribution in [2.24, 2.45) is 0 Å². The summed E-state index contributed by atoms with van der Waals surface area (Å²) in [5.41, 5.74) is 0.125.